The van der Waals surface area contributed by atoms with Crippen molar-refractivity contribution in [2.24, 2.45) is 0 Å². The van der Waals surface area contributed by atoms with Gasteiger partial charge < -0.3 is 0 Å². The van der Waals surface area contributed by atoms with E-state index < -0.39 is 0 Å². The Kier molecular flexibility index (Phi) is 4.99. The van der Waals surface area contributed by atoms with Crippen LogP contribution in [0.3, 0.4) is 0 Å². The zero-order chi connectivity index (χ0) is 13.0. The van der Waals surface area contributed by atoms with E-state index in [4.69, 9.17) is 0 Å². The van der Waals surface area contributed by atoms with Crippen LogP contribution in [0.25, 0.3) is 5.57 Å². The number of benzene rings is 1. The van der Waals surface area contributed by atoms with Crippen molar-refractivity contribution < 1.29 is 0 Å². The molecule has 0 radical (unpaired) electrons. The predicted octanol–water partition coefficient (Wildman–Crippen LogP) is 5.49. The lowest BCUT2D eigenvalue weighted by atomic mass is 9.92. The highest BCUT2D eigenvalue weighted by molar-refractivity contribution is 5.66. The van der Waals surface area contributed by atoms with E-state index in [0.29, 0.717) is 0 Å². The van der Waals surface area contributed by atoms with Gasteiger partial charge in [0.1, 0.15) is 0 Å². The van der Waals surface area contributed by atoms with Gasteiger partial charge in [-0.15, -0.1) is 0 Å². The number of hydrogen-bond acceptors (Lipinski definition) is 0. The van der Waals surface area contributed by atoms with Crippen LogP contribution in [0, 0.1) is 6.92 Å². The molecule has 17 heavy (non-hydrogen) atoms. The molecule has 1 aromatic carbocycles. The van der Waals surface area contributed by atoms with Crippen molar-refractivity contribution in [2.45, 2.75) is 59.8 Å². The third kappa shape index (κ3) is 3.21. The van der Waals surface area contributed by atoms with E-state index in [1.54, 1.807) is 5.56 Å². The Morgan fingerprint density at radius 3 is 2.29 bits per heavy atom. The summed E-state index contributed by atoms with van der Waals surface area (Å²) in [5.74, 6) is 0.856. The van der Waals surface area contributed by atoms with Crippen molar-refractivity contribution >= 4 is 5.57 Å². The summed E-state index contributed by atoms with van der Waals surface area (Å²) in [6.45, 7) is 14.6. The van der Waals surface area contributed by atoms with E-state index >= 15 is 0 Å². The van der Waals surface area contributed by atoms with E-state index in [-0.39, 0.29) is 0 Å². The van der Waals surface area contributed by atoms with Gasteiger partial charge in [-0.05, 0) is 61.3 Å². The Morgan fingerprint density at radius 1 is 1.29 bits per heavy atom. The first-order chi connectivity index (χ1) is 8.13. The second kappa shape index (κ2) is 6.05. The van der Waals surface area contributed by atoms with Crippen LogP contribution in [-0.4, -0.2) is 0 Å². The summed E-state index contributed by atoms with van der Waals surface area (Å²) < 4.78 is 0. The van der Waals surface area contributed by atoms with Gasteiger partial charge in [0.05, 0.1) is 0 Å². The van der Waals surface area contributed by atoms with Gasteiger partial charge in [-0.2, -0.15) is 0 Å². The van der Waals surface area contributed by atoms with Gasteiger partial charge in [-0.25, -0.2) is 0 Å². The van der Waals surface area contributed by atoms with Gasteiger partial charge >= 0.3 is 0 Å². The van der Waals surface area contributed by atoms with E-state index in [2.05, 4.69) is 39.5 Å². The van der Waals surface area contributed by atoms with E-state index in [1.165, 1.54) is 35.1 Å². The third-order valence-corrected chi connectivity index (χ3v) is 3.35. The average molecular weight is 230 g/mol. The van der Waals surface area contributed by atoms with Crippen molar-refractivity contribution in [2.75, 3.05) is 0 Å². The molecule has 0 atom stereocenters. The Morgan fingerprint density at radius 2 is 1.88 bits per heavy atom. The molecule has 0 nitrogen and oxygen atoms in total. The topological polar surface area (TPSA) is 0 Å². The molecule has 0 heteroatoms. The van der Waals surface area contributed by atoms with Crippen LogP contribution < -0.4 is 0 Å². The van der Waals surface area contributed by atoms with Crippen LogP contribution in [0.2, 0.25) is 0 Å². The molecule has 0 aliphatic heterocycles. The van der Waals surface area contributed by atoms with Crippen molar-refractivity contribution in [1.82, 2.24) is 0 Å². The van der Waals surface area contributed by atoms with Crippen molar-refractivity contribution in [1.29, 1.82) is 0 Å². The van der Waals surface area contributed by atoms with Gasteiger partial charge in [0.2, 0.25) is 0 Å². The minimum Gasteiger partial charge on any atom is -0.0955 e. The largest absolute Gasteiger partial charge is 0.0955 e. The molecular formula is C17H26. The average Bonchev–Trinajstić information content (AvgIpc) is 3.15. The molecule has 0 spiro atoms. The summed E-state index contributed by atoms with van der Waals surface area (Å²) in [5, 5.41) is 0. The second-order valence-corrected chi connectivity index (χ2v) is 4.77. The molecule has 94 valence electrons. The first kappa shape index (κ1) is 14.0. The van der Waals surface area contributed by atoms with Crippen molar-refractivity contribution in [3.05, 3.63) is 41.0 Å². The molecule has 1 fully saturated rings. The minimum absolute atomic E-state index is 0.856. The maximum Gasteiger partial charge on any atom is -0.0159 e. The fourth-order valence-electron chi connectivity index (χ4n) is 2.30. The highest BCUT2D eigenvalue weighted by Crippen LogP contribution is 2.42. The zero-order valence-electron chi connectivity index (χ0n) is 12.1. The van der Waals surface area contributed by atoms with E-state index in [1.807, 2.05) is 13.8 Å². The first-order valence-electron chi connectivity index (χ1n) is 6.92. The molecule has 1 saturated carbocycles. The summed E-state index contributed by atoms with van der Waals surface area (Å²) in [6, 6.07) is 4.74. The van der Waals surface area contributed by atoms with Crippen LogP contribution in [0.1, 0.15) is 68.7 Å². The molecule has 0 N–H and O–H groups in total. The molecule has 1 aromatic rings. The standard InChI is InChI=1S/C15H20.C2H6/c1-5-12-9-15(13-6-7-13)11(4)8-14(12)10(2)3;1-2/h8-9,13H,2,5-7H2,1,3-4H3;1-2H3. The highest BCUT2D eigenvalue weighted by atomic mass is 14.3. The van der Waals surface area contributed by atoms with Crippen LogP contribution in [-0.2, 0) is 6.42 Å². The molecule has 0 amide bonds. The maximum atomic E-state index is 4.07. The lowest BCUT2D eigenvalue weighted by Gasteiger charge is -2.13. The molecule has 1 aliphatic rings. The lowest BCUT2D eigenvalue weighted by molar-refractivity contribution is 1.05. The monoisotopic (exact) mass is 230 g/mol. The van der Waals surface area contributed by atoms with Gasteiger partial charge in [0.15, 0.2) is 0 Å². The molecular weight excluding hydrogens is 204 g/mol. The third-order valence-electron chi connectivity index (χ3n) is 3.35. The van der Waals surface area contributed by atoms with Crippen LogP contribution in [0.15, 0.2) is 18.7 Å². The van der Waals surface area contributed by atoms with Crippen molar-refractivity contribution in [3.8, 4) is 0 Å². The molecule has 0 bridgehead atoms. The molecule has 0 heterocycles. The summed E-state index contributed by atoms with van der Waals surface area (Å²) in [7, 11) is 0. The summed E-state index contributed by atoms with van der Waals surface area (Å²) >= 11 is 0. The van der Waals surface area contributed by atoms with Gasteiger partial charge in [-0.3, -0.25) is 0 Å². The van der Waals surface area contributed by atoms with E-state index in [9.17, 15) is 0 Å². The first-order valence-corrected chi connectivity index (χ1v) is 6.92. The number of allylic oxidation sites excluding steroid dienone is 1. The Balaban J connectivity index is 0.000000686. The number of hydrogen-bond donors (Lipinski definition) is 0. The highest BCUT2D eigenvalue weighted by Gasteiger charge is 2.25. The van der Waals surface area contributed by atoms with Crippen LogP contribution in [0.4, 0.5) is 0 Å². The van der Waals surface area contributed by atoms with Crippen molar-refractivity contribution in [3.63, 3.8) is 0 Å². The van der Waals surface area contributed by atoms with Crippen LogP contribution >= 0.6 is 0 Å². The fraction of sp³-hybridized carbons (Fsp3) is 0.529. The molecule has 0 saturated heterocycles. The zero-order valence-corrected chi connectivity index (χ0v) is 12.1. The quantitative estimate of drug-likeness (QED) is 0.643. The Labute approximate surface area is 107 Å². The number of aryl methyl sites for hydroxylation is 2. The second-order valence-electron chi connectivity index (χ2n) is 4.77. The maximum absolute atomic E-state index is 4.07. The Bertz CT molecular complexity index is 395. The molecule has 2 rings (SSSR count). The summed E-state index contributed by atoms with van der Waals surface area (Å²) in [5.41, 5.74) is 7.05. The minimum atomic E-state index is 0.856. The SMILES string of the molecule is C=C(C)c1cc(C)c(C2CC2)cc1CC.CC. The summed E-state index contributed by atoms with van der Waals surface area (Å²) in [6.07, 6.45) is 3.88. The lowest BCUT2D eigenvalue weighted by Crippen LogP contribution is -1.95. The molecule has 1 aliphatic carbocycles. The number of rotatable bonds is 3. The molecule has 0 aromatic heterocycles. The smallest absolute Gasteiger partial charge is 0.0159 e. The Hall–Kier alpha value is -1.04. The summed E-state index contributed by atoms with van der Waals surface area (Å²) in [4.78, 5) is 0. The van der Waals surface area contributed by atoms with Gasteiger partial charge in [0.25, 0.3) is 0 Å². The molecule has 0 unspecified atom stereocenters. The normalized spacial score (nSPS) is 13.9. The van der Waals surface area contributed by atoms with E-state index in [0.717, 1.165) is 12.3 Å². The predicted molar refractivity (Wildman–Crippen MR) is 78.6 cm³/mol. The van der Waals surface area contributed by atoms with Gasteiger partial charge in [0, 0.05) is 0 Å². The van der Waals surface area contributed by atoms with Gasteiger partial charge in [-0.1, -0.05) is 45.1 Å². The van der Waals surface area contributed by atoms with Crippen LogP contribution in [0.5, 0.6) is 0 Å². The fourth-order valence-corrected chi connectivity index (χ4v) is 2.30.